The molecule has 1 heterocycles. The first-order chi connectivity index (χ1) is 9.58. The van der Waals surface area contributed by atoms with E-state index in [1.807, 2.05) is 6.07 Å². The number of halogens is 2. The van der Waals surface area contributed by atoms with Crippen LogP contribution >= 0.6 is 11.6 Å². The number of methoxy groups -OCH3 is 1. The Kier molecular flexibility index (Phi) is 4.93. The molecule has 20 heavy (non-hydrogen) atoms. The van der Waals surface area contributed by atoms with Gasteiger partial charge in [-0.3, -0.25) is 0 Å². The second kappa shape index (κ2) is 6.68. The lowest BCUT2D eigenvalue weighted by molar-refractivity contribution is 0.174. The zero-order valence-electron chi connectivity index (χ0n) is 11.0. The summed E-state index contributed by atoms with van der Waals surface area (Å²) in [6.45, 7) is 0. The number of rotatable bonds is 5. The number of nitrogens with zero attached hydrogens (tertiary/aromatic N) is 1. The molecule has 0 spiro atoms. The Morgan fingerprint density at radius 2 is 2.10 bits per heavy atom. The van der Waals surface area contributed by atoms with E-state index in [0.29, 0.717) is 22.9 Å². The van der Waals surface area contributed by atoms with Crippen LogP contribution in [0.2, 0.25) is 5.02 Å². The summed E-state index contributed by atoms with van der Waals surface area (Å²) in [6, 6.07) is 8.01. The first-order valence-corrected chi connectivity index (χ1v) is 6.57. The molecule has 2 aromatic rings. The molecule has 1 atom stereocenters. The molecule has 5 heteroatoms. The Morgan fingerprint density at radius 1 is 1.30 bits per heavy atom. The van der Waals surface area contributed by atoms with Gasteiger partial charge in [0, 0.05) is 30.1 Å². The smallest absolute Gasteiger partial charge is 0.212 e. The van der Waals surface area contributed by atoms with E-state index in [4.69, 9.17) is 16.3 Å². The summed E-state index contributed by atoms with van der Waals surface area (Å²) in [7, 11) is 1.54. The van der Waals surface area contributed by atoms with Crippen LogP contribution in [0.1, 0.15) is 11.1 Å². The lowest BCUT2D eigenvalue weighted by Crippen LogP contribution is -2.15. The van der Waals surface area contributed by atoms with E-state index in [1.165, 1.54) is 6.07 Å². The van der Waals surface area contributed by atoms with Crippen LogP contribution in [-0.2, 0) is 12.8 Å². The van der Waals surface area contributed by atoms with Crippen LogP contribution in [-0.4, -0.2) is 23.3 Å². The van der Waals surface area contributed by atoms with Gasteiger partial charge in [0.2, 0.25) is 5.88 Å². The number of hydrogen-bond acceptors (Lipinski definition) is 3. The molecule has 0 radical (unpaired) electrons. The fourth-order valence-corrected chi connectivity index (χ4v) is 2.10. The van der Waals surface area contributed by atoms with E-state index >= 15 is 0 Å². The summed E-state index contributed by atoms with van der Waals surface area (Å²) >= 11 is 5.69. The predicted octanol–water partition coefficient (Wildman–Crippen LogP) is 3.03. The molecule has 0 amide bonds. The summed E-state index contributed by atoms with van der Waals surface area (Å²) in [4.78, 5) is 4.06. The Labute approximate surface area is 122 Å². The van der Waals surface area contributed by atoms with E-state index in [-0.39, 0.29) is 6.42 Å². The quantitative estimate of drug-likeness (QED) is 0.922. The largest absolute Gasteiger partial charge is 0.481 e. The Hall–Kier alpha value is -1.65. The molecule has 1 aromatic carbocycles. The van der Waals surface area contributed by atoms with Crippen LogP contribution in [0, 0.1) is 5.82 Å². The average molecular weight is 296 g/mol. The van der Waals surface area contributed by atoms with Gasteiger partial charge in [-0.05, 0) is 23.3 Å². The number of aromatic nitrogens is 1. The standard InChI is InChI=1S/C15H15ClFNO2/c1-20-15-5-2-10(9-18-15)6-13(19)7-11-3-4-12(16)8-14(11)17/h2-5,8-9,13,19H,6-7H2,1H3. The van der Waals surface area contributed by atoms with Gasteiger partial charge in [0.25, 0.3) is 0 Å². The molecule has 1 unspecified atom stereocenters. The topological polar surface area (TPSA) is 42.4 Å². The van der Waals surface area contributed by atoms with Crippen LogP contribution in [0.4, 0.5) is 4.39 Å². The molecular weight excluding hydrogens is 281 g/mol. The molecule has 1 N–H and O–H groups in total. The highest BCUT2D eigenvalue weighted by atomic mass is 35.5. The van der Waals surface area contributed by atoms with Crippen molar-refractivity contribution in [1.29, 1.82) is 0 Å². The second-order valence-corrected chi connectivity index (χ2v) is 4.94. The third kappa shape index (κ3) is 3.92. The maximum atomic E-state index is 13.6. The van der Waals surface area contributed by atoms with E-state index < -0.39 is 11.9 Å². The highest BCUT2D eigenvalue weighted by Gasteiger charge is 2.11. The van der Waals surface area contributed by atoms with Crippen molar-refractivity contribution >= 4 is 11.6 Å². The van der Waals surface area contributed by atoms with Crippen LogP contribution in [0.3, 0.4) is 0 Å². The predicted molar refractivity (Wildman–Crippen MR) is 75.6 cm³/mol. The highest BCUT2D eigenvalue weighted by Crippen LogP contribution is 2.17. The zero-order valence-corrected chi connectivity index (χ0v) is 11.8. The molecular formula is C15H15ClFNO2. The van der Waals surface area contributed by atoms with Crippen molar-refractivity contribution in [2.75, 3.05) is 7.11 Å². The number of aliphatic hydroxyl groups is 1. The Morgan fingerprint density at radius 3 is 2.70 bits per heavy atom. The van der Waals surface area contributed by atoms with E-state index in [9.17, 15) is 9.50 Å². The van der Waals surface area contributed by atoms with Crippen molar-refractivity contribution in [2.45, 2.75) is 18.9 Å². The summed E-state index contributed by atoms with van der Waals surface area (Å²) in [5, 5.41) is 10.4. The van der Waals surface area contributed by atoms with Crippen molar-refractivity contribution in [3.8, 4) is 5.88 Å². The minimum Gasteiger partial charge on any atom is -0.481 e. The van der Waals surface area contributed by atoms with Gasteiger partial charge in [0.1, 0.15) is 5.82 Å². The first-order valence-electron chi connectivity index (χ1n) is 6.19. The fraction of sp³-hybridized carbons (Fsp3) is 0.267. The van der Waals surface area contributed by atoms with Crippen LogP contribution < -0.4 is 4.74 Å². The minimum absolute atomic E-state index is 0.231. The molecule has 1 aromatic heterocycles. The van der Waals surface area contributed by atoms with Crippen molar-refractivity contribution in [1.82, 2.24) is 4.98 Å². The molecule has 0 aliphatic heterocycles. The van der Waals surface area contributed by atoms with Gasteiger partial charge >= 0.3 is 0 Å². The van der Waals surface area contributed by atoms with Gasteiger partial charge < -0.3 is 9.84 Å². The van der Waals surface area contributed by atoms with Crippen molar-refractivity contribution in [3.05, 3.63) is 58.5 Å². The molecule has 0 fully saturated rings. The Bertz CT molecular complexity index is 575. The van der Waals surface area contributed by atoms with E-state index in [1.54, 1.807) is 31.5 Å². The normalized spacial score (nSPS) is 12.2. The third-order valence-electron chi connectivity index (χ3n) is 2.95. The van der Waals surface area contributed by atoms with Crippen molar-refractivity contribution in [2.24, 2.45) is 0 Å². The number of aliphatic hydroxyl groups excluding tert-OH is 1. The number of hydrogen-bond donors (Lipinski definition) is 1. The maximum absolute atomic E-state index is 13.6. The van der Waals surface area contributed by atoms with Crippen molar-refractivity contribution in [3.63, 3.8) is 0 Å². The summed E-state index contributed by atoms with van der Waals surface area (Å²) in [5.41, 5.74) is 1.32. The van der Waals surface area contributed by atoms with Gasteiger partial charge in [-0.1, -0.05) is 23.7 Å². The SMILES string of the molecule is COc1ccc(CC(O)Cc2ccc(Cl)cc2F)cn1. The van der Waals surface area contributed by atoms with Crippen LogP contribution in [0.5, 0.6) is 5.88 Å². The number of ether oxygens (including phenoxy) is 1. The monoisotopic (exact) mass is 295 g/mol. The Balaban J connectivity index is 1.99. The first kappa shape index (κ1) is 14.8. The van der Waals surface area contributed by atoms with Crippen molar-refractivity contribution < 1.29 is 14.2 Å². The molecule has 0 bridgehead atoms. The molecule has 0 aliphatic rings. The summed E-state index contributed by atoms with van der Waals surface area (Å²) in [5.74, 6) is 0.122. The van der Waals surface area contributed by atoms with E-state index in [0.717, 1.165) is 5.56 Å². The van der Waals surface area contributed by atoms with E-state index in [2.05, 4.69) is 4.98 Å². The molecule has 106 valence electrons. The average Bonchev–Trinajstić information content (AvgIpc) is 2.43. The summed E-state index contributed by atoms with van der Waals surface area (Å²) in [6.07, 6.45) is 1.59. The number of benzene rings is 1. The second-order valence-electron chi connectivity index (χ2n) is 4.51. The number of pyridine rings is 1. The van der Waals surface area contributed by atoms with Gasteiger partial charge in [0.05, 0.1) is 13.2 Å². The fourth-order valence-electron chi connectivity index (χ4n) is 1.94. The summed E-state index contributed by atoms with van der Waals surface area (Å²) < 4.78 is 18.6. The third-order valence-corrected chi connectivity index (χ3v) is 3.18. The van der Waals surface area contributed by atoms with Gasteiger partial charge in [-0.2, -0.15) is 0 Å². The zero-order chi connectivity index (χ0) is 14.5. The molecule has 0 saturated carbocycles. The molecule has 2 rings (SSSR count). The molecule has 0 saturated heterocycles. The van der Waals surface area contributed by atoms with Gasteiger partial charge in [-0.25, -0.2) is 9.37 Å². The molecule has 0 aliphatic carbocycles. The van der Waals surface area contributed by atoms with Crippen LogP contribution in [0.25, 0.3) is 0 Å². The lowest BCUT2D eigenvalue weighted by Gasteiger charge is -2.11. The molecule has 3 nitrogen and oxygen atoms in total. The van der Waals surface area contributed by atoms with Crippen LogP contribution in [0.15, 0.2) is 36.5 Å². The van der Waals surface area contributed by atoms with Gasteiger partial charge in [-0.15, -0.1) is 0 Å². The lowest BCUT2D eigenvalue weighted by atomic mass is 10.0. The maximum Gasteiger partial charge on any atom is 0.212 e. The minimum atomic E-state index is -0.680. The highest BCUT2D eigenvalue weighted by molar-refractivity contribution is 6.30. The van der Waals surface area contributed by atoms with Gasteiger partial charge in [0.15, 0.2) is 0 Å².